The summed E-state index contributed by atoms with van der Waals surface area (Å²) in [5.74, 6) is 1.93. The standard InChI is InChI=1S/C14H16S2/c1-3-7-12(4-2)10-16-11-13-8-5-6-9-14(13)15/h3-9,15H,1-2,10-11H2/b12-7+. The molecule has 0 heterocycles. The molecule has 0 aliphatic carbocycles. The topological polar surface area (TPSA) is 0 Å². The van der Waals surface area contributed by atoms with Gasteiger partial charge < -0.3 is 0 Å². The van der Waals surface area contributed by atoms with Gasteiger partial charge in [-0.15, -0.1) is 12.6 Å². The Morgan fingerprint density at radius 2 is 2.06 bits per heavy atom. The predicted molar refractivity (Wildman–Crippen MR) is 78.3 cm³/mol. The van der Waals surface area contributed by atoms with Gasteiger partial charge in [0.15, 0.2) is 0 Å². The summed E-state index contributed by atoms with van der Waals surface area (Å²) < 4.78 is 0. The minimum absolute atomic E-state index is 0.956. The van der Waals surface area contributed by atoms with E-state index in [1.54, 1.807) is 6.08 Å². The third-order valence-electron chi connectivity index (χ3n) is 2.11. The monoisotopic (exact) mass is 248 g/mol. The van der Waals surface area contributed by atoms with Crippen molar-refractivity contribution in [2.24, 2.45) is 0 Å². The molecule has 84 valence electrons. The zero-order chi connectivity index (χ0) is 11.8. The Labute approximate surface area is 108 Å². The van der Waals surface area contributed by atoms with Crippen molar-refractivity contribution in [3.05, 3.63) is 66.8 Å². The second-order valence-corrected chi connectivity index (χ2v) is 4.77. The van der Waals surface area contributed by atoms with Crippen LogP contribution in [0.5, 0.6) is 0 Å². The van der Waals surface area contributed by atoms with Gasteiger partial charge in [-0.1, -0.05) is 49.6 Å². The van der Waals surface area contributed by atoms with Crippen molar-refractivity contribution in [3.8, 4) is 0 Å². The molecule has 0 nitrogen and oxygen atoms in total. The summed E-state index contributed by atoms with van der Waals surface area (Å²) in [7, 11) is 0. The first-order chi connectivity index (χ1) is 7.77. The summed E-state index contributed by atoms with van der Waals surface area (Å²) >= 11 is 6.28. The Balaban J connectivity index is 2.47. The zero-order valence-electron chi connectivity index (χ0n) is 9.23. The van der Waals surface area contributed by atoms with Crippen LogP contribution in [0.4, 0.5) is 0 Å². The molecule has 2 heteroatoms. The largest absolute Gasteiger partial charge is 0.152 e. The van der Waals surface area contributed by atoms with Crippen LogP contribution in [0.3, 0.4) is 0 Å². The van der Waals surface area contributed by atoms with Crippen LogP contribution < -0.4 is 0 Å². The second kappa shape index (κ2) is 7.42. The summed E-state index contributed by atoms with van der Waals surface area (Å²) in [6.07, 6.45) is 5.66. The fraction of sp³-hybridized carbons (Fsp3) is 0.143. The third kappa shape index (κ3) is 4.33. The highest BCUT2D eigenvalue weighted by Gasteiger charge is 1.98. The van der Waals surface area contributed by atoms with Crippen molar-refractivity contribution >= 4 is 24.4 Å². The van der Waals surface area contributed by atoms with Crippen molar-refractivity contribution in [2.75, 3.05) is 5.75 Å². The van der Waals surface area contributed by atoms with E-state index in [0.717, 1.165) is 16.4 Å². The minimum Gasteiger partial charge on any atom is -0.152 e. The Morgan fingerprint density at radius 3 is 2.69 bits per heavy atom. The number of allylic oxidation sites excluding steroid dienone is 3. The molecule has 1 rings (SSSR count). The first-order valence-electron chi connectivity index (χ1n) is 5.06. The maximum Gasteiger partial charge on any atom is 0.0198 e. The average molecular weight is 248 g/mol. The van der Waals surface area contributed by atoms with Crippen molar-refractivity contribution in [1.29, 1.82) is 0 Å². The van der Waals surface area contributed by atoms with Crippen LogP contribution in [-0.4, -0.2) is 5.75 Å². The lowest BCUT2D eigenvalue weighted by Crippen LogP contribution is -1.87. The Hall–Kier alpha value is -0.860. The SMILES string of the molecule is C=C/C=C(\C=C)CSCc1ccccc1S. The quantitative estimate of drug-likeness (QED) is 0.571. The molecule has 0 N–H and O–H groups in total. The van der Waals surface area contributed by atoms with Gasteiger partial charge in [-0.05, 0) is 17.2 Å². The van der Waals surface area contributed by atoms with Gasteiger partial charge in [0.05, 0.1) is 0 Å². The van der Waals surface area contributed by atoms with Gasteiger partial charge in [-0.25, -0.2) is 0 Å². The van der Waals surface area contributed by atoms with Gasteiger partial charge in [0.25, 0.3) is 0 Å². The average Bonchev–Trinajstić information content (AvgIpc) is 2.30. The van der Waals surface area contributed by atoms with Gasteiger partial charge in [0.1, 0.15) is 0 Å². The summed E-state index contributed by atoms with van der Waals surface area (Å²) in [6, 6.07) is 8.18. The highest BCUT2D eigenvalue weighted by molar-refractivity contribution is 7.98. The molecule has 0 fully saturated rings. The molecule has 0 radical (unpaired) electrons. The summed E-state index contributed by atoms with van der Waals surface area (Å²) in [5.41, 5.74) is 2.48. The molecule has 0 saturated heterocycles. The van der Waals surface area contributed by atoms with E-state index < -0.39 is 0 Å². The highest BCUT2D eigenvalue weighted by Crippen LogP contribution is 2.21. The molecule has 1 aromatic rings. The van der Waals surface area contributed by atoms with Crippen LogP contribution in [0.2, 0.25) is 0 Å². The number of thioether (sulfide) groups is 1. The van der Waals surface area contributed by atoms with E-state index in [1.165, 1.54) is 11.1 Å². The number of rotatable bonds is 6. The molecule has 1 aromatic carbocycles. The van der Waals surface area contributed by atoms with Crippen LogP contribution in [0.1, 0.15) is 5.56 Å². The maximum absolute atomic E-state index is 4.42. The van der Waals surface area contributed by atoms with Gasteiger partial charge in [-0.2, -0.15) is 11.8 Å². The van der Waals surface area contributed by atoms with E-state index >= 15 is 0 Å². The summed E-state index contributed by atoms with van der Waals surface area (Å²) in [5, 5.41) is 0. The van der Waals surface area contributed by atoms with E-state index in [-0.39, 0.29) is 0 Å². The van der Waals surface area contributed by atoms with Crippen molar-refractivity contribution in [3.63, 3.8) is 0 Å². The van der Waals surface area contributed by atoms with E-state index in [0.29, 0.717) is 0 Å². The van der Waals surface area contributed by atoms with E-state index in [1.807, 2.05) is 42.1 Å². The first kappa shape index (κ1) is 13.2. The predicted octanol–water partition coefficient (Wildman–Crippen LogP) is 4.51. The smallest absolute Gasteiger partial charge is 0.0198 e. The highest BCUT2D eigenvalue weighted by atomic mass is 32.2. The molecule has 0 aliphatic rings. The molecule has 0 amide bonds. The lowest BCUT2D eigenvalue weighted by molar-refractivity contribution is 1.27. The molecule has 16 heavy (non-hydrogen) atoms. The van der Waals surface area contributed by atoms with Gasteiger partial charge in [0.2, 0.25) is 0 Å². The summed E-state index contributed by atoms with van der Waals surface area (Å²) in [6.45, 7) is 7.46. The Morgan fingerprint density at radius 1 is 1.31 bits per heavy atom. The first-order valence-corrected chi connectivity index (χ1v) is 6.66. The fourth-order valence-electron chi connectivity index (χ4n) is 1.24. The van der Waals surface area contributed by atoms with E-state index in [9.17, 15) is 0 Å². The molecule has 0 aliphatic heterocycles. The van der Waals surface area contributed by atoms with Crippen molar-refractivity contribution in [1.82, 2.24) is 0 Å². The molecule has 0 saturated carbocycles. The molecule has 0 spiro atoms. The van der Waals surface area contributed by atoms with Crippen molar-refractivity contribution in [2.45, 2.75) is 10.6 Å². The molecule has 0 atom stereocenters. The molecule has 0 unspecified atom stereocenters. The van der Waals surface area contributed by atoms with E-state index in [2.05, 4.69) is 31.9 Å². The number of benzene rings is 1. The second-order valence-electron chi connectivity index (χ2n) is 3.30. The van der Waals surface area contributed by atoms with Crippen LogP contribution >= 0.6 is 24.4 Å². The number of hydrogen-bond acceptors (Lipinski definition) is 2. The summed E-state index contributed by atoms with van der Waals surface area (Å²) in [4.78, 5) is 1.06. The molecule has 0 aromatic heterocycles. The maximum atomic E-state index is 4.42. The minimum atomic E-state index is 0.956. The van der Waals surface area contributed by atoms with Crippen LogP contribution in [-0.2, 0) is 5.75 Å². The third-order valence-corrected chi connectivity index (χ3v) is 3.60. The Kier molecular flexibility index (Phi) is 6.12. The number of thiol groups is 1. The van der Waals surface area contributed by atoms with Crippen LogP contribution in [0, 0.1) is 0 Å². The zero-order valence-corrected chi connectivity index (χ0v) is 10.9. The molecular weight excluding hydrogens is 232 g/mol. The van der Waals surface area contributed by atoms with E-state index in [4.69, 9.17) is 0 Å². The van der Waals surface area contributed by atoms with Crippen LogP contribution in [0.25, 0.3) is 0 Å². The van der Waals surface area contributed by atoms with Crippen molar-refractivity contribution < 1.29 is 0 Å². The normalized spacial score (nSPS) is 11.2. The van der Waals surface area contributed by atoms with Gasteiger partial charge in [-0.3, -0.25) is 0 Å². The van der Waals surface area contributed by atoms with Gasteiger partial charge >= 0.3 is 0 Å². The fourth-order valence-corrected chi connectivity index (χ4v) is 2.61. The molecular formula is C14H16S2. The molecule has 0 bridgehead atoms. The number of hydrogen-bond donors (Lipinski definition) is 1. The van der Waals surface area contributed by atoms with Gasteiger partial charge in [0, 0.05) is 16.4 Å². The lowest BCUT2D eigenvalue weighted by atomic mass is 10.2. The Bertz CT molecular complexity index is 391. The van der Waals surface area contributed by atoms with Crippen LogP contribution in [0.15, 0.2) is 66.1 Å². The lowest BCUT2D eigenvalue weighted by Gasteiger charge is -2.05.